The molecule has 0 fully saturated rings. The fourth-order valence-electron chi connectivity index (χ4n) is 1.85. The third kappa shape index (κ3) is 4.08. The minimum absolute atomic E-state index is 0.157. The van der Waals surface area contributed by atoms with Crippen LogP contribution in [0, 0.1) is 17.7 Å². The van der Waals surface area contributed by atoms with Crippen molar-refractivity contribution in [3.63, 3.8) is 0 Å². The topological polar surface area (TPSA) is 42.0 Å². The van der Waals surface area contributed by atoms with E-state index in [2.05, 4.69) is 10.3 Å². The van der Waals surface area contributed by atoms with E-state index in [1.807, 2.05) is 0 Å². The number of nitrogens with one attached hydrogen (secondary N) is 1. The Morgan fingerprint density at radius 1 is 1.24 bits per heavy atom. The first kappa shape index (κ1) is 15.1. The Hall–Kier alpha value is -2.30. The average molecular weight is 290 g/mol. The molecular formula is C16H16F2N2O. The molecule has 2 rings (SSSR count). The lowest BCUT2D eigenvalue weighted by atomic mass is 10.1. The number of halogens is 2. The lowest BCUT2D eigenvalue weighted by Gasteiger charge is -2.12. The van der Waals surface area contributed by atoms with Gasteiger partial charge in [-0.25, -0.2) is 9.37 Å². The molecule has 2 aromatic rings. The maximum absolute atomic E-state index is 13.4. The van der Waals surface area contributed by atoms with E-state index in [1.54, 1.807) is 26.0 Å². The monoisotopic (exact) mass is 290 g/mol. The van der Waals surface area contributed by atoms with Gasteiger partial charge in [0, 0.05) is 23.7 Å². The number of pyridine rings is 1. The summed E-state index contributed by atoms with van der Waals surface area (Å²) in [7, 11) is 0. The fraction of sp³-hybridized carbons (Fsp3) is 0.250. The third-order valence-corrected chi connectivity index (χ3v) is 2.99. The highest BCUT2D eigenvalue weighted by Gasteiger charge is 2.12. The van der Waals surface area contributed by atoms with Crippen LogP contribution in [0.25, 0.3) is 0 Å². The number of hydrogen-bond acceptors (Lipinski definition) is 2. The quantitative estimate of drug-likeness (QED) is 0.875. The van der Waals surface area contributed by atoms with Crippen LogP contribution >= 0.6 is 0 Å². The molecule has 0 saturated heterocycles. The first-order valence-electron chi connectivity index (χ1n) is 6.66. The van der Waals surface area contributed by atoms with Gasteiger partial charge in [0.25, 0.3) is 0 Å². The largest absolute Gasteiger partial charge is 0.326 e. The van der Waals surface area contributed by atoms with Crippen molar-refractivity contribution in [1.29, 1.82) is 0 Å². The van der Waals surface area contributed by atoms with Gasteiger partial charge in [-0.15, -0.1) is 0 Å². The van der Waals surface area contributed by atoms with Crippen molar-refractivity contribution in [2.75, 3.05) is 5.32 Å². The van der Waals surface area contributed by atoms with Crippen LogP contribution in [0.2, 0.25) is 0 Å². The third-order valence-electron chi connectivity index (χ3n) is 2.99. The molecule has 1 aromatic carbocycles. The van der Waals surface area contributed by atoms with E-state index >= 15 is 0 Å². The molecule has 1 heterocycles. The van der Waals surface area contributed by atoms with Gasteiger partial charge in [0.15, 0.2) is 0 Å². The van der Waals surface area contributed by atoms with Crippen LogP contribution in [-0.4, -0.2) is 10.9 Å². The SMILES string of the molecule is CC(C)C(=O)Nc1ccc(F)cc1Cc1cccc(F)n1. The molecule has 0 aliphatic heterocycles. The summed E-state index contributed by atoms with van der Waals surface area (Å²) in [6.07, 6.45) is 0.239. The second-order valence-corrected chi connectivity index (χ2v) is 5.07. The summed E-state index contributed by atoms with van der Waals surface area (Å²) in [5.41, 5.74) is 1.55. The number of hydrogen-bond donors (Lipinski definition) is 1. The van der Waals surface area contributed by atoms with Crippen molar-refractivity contribution in [2.45, 2.75) is 20.3 Å². The predicted molar refractivity (Wildman–Crippen MR) is 76.9 cm³/mol. The lowest BCUT2D eigenvalue weighted by Crippen LogP contribution is -2.19. The second-order valence-electron chi connectivity index (χ2n) is 5.07. The van der Waals surface area contributed by atoms with Crippen LogP contribution in [0.5, 0.6) is 0 Å². The van der Waals surface area contributed by atoms with E-state index in [0.29, 0.717) is 16.9 Å². The van der Waals surface area contributed by atoms with Crippen LogP contribution in [0.1, 0.15) is 25.1 Å². The van der Waals surface area contributed by atoms with Gasteiger partial charge >= 0.3 is 0 Å². The number of nitrogens with zero attached hydrogens (tertiary/aromatic N) is 1. The molecule has 1 aromatic heterocycles. The molecule has 0 aliphatic rings. The first-order chi connectivity index (χ1) is 9.95. The molecule has 0 aliphatic carbocycles. The highest BCUT2D eigenvalue weighted by Crippen LogP contribution is 2.21. The van der Waals surface area contributed by atoms with E-state index in [4.69, 9.17) is 0 Å². The van der Waals surface area contributed by atoms with Gasteiger partial charge in [-0.05, 0) is 35.9 Å². The Balaban J connectivity index is 2.29. The van der Waals surface area contributed by atoms with Gasteiger partial charge in [-0.1, -0.05) is 19.9 Å². The Morgan fingerprint density at radius 2 is 2.00 bits per heavy atom. The fourth-order valence-corrected chi connectivity index (χ4v) is 1.85. The maximum Gasteiger partial charge on any atom is 0.226 e. The van der Waals surface area contributed by atoms with Gasteiger partial charge in [0.2, 0.25) is 11.9 Å². The number of carbonyl (C=O) groups excluding carboxylic acids is 1. The van der Waals surface area contributed by atoms with Crippen LogP contribution in [-0.2, 0) is 11.2 Å². The molecule has 0 radical (unpaired) electrons. The summed E-state index contributed by atoms with van der Waals surface area (Å²) in [6.45, 7) is 3.54. The summed E-state index contributed by atoms with van der Waals surface area (Å²) < 4.78 is 26.5. The average Bonchev–Trinajstić information content (AvgIpc) is 2.41. The highest BCUT2D eigenvalue weighted by molar-refractivity contribution is 5.92. The van der Waals surface area contributed by atoms with Crippen LogP contribution in [0.4, 0.5) is 14.5 Å². The summed E-state index contributed by atoms with van der Waals surface area (Å²) in [6, 6.07) is 8.55. The minimum atomic E-state index is -0.586. The summed E-state index contributed by atoms with van der Waals surface area (Å²) in [5, 5.41) is 2.74. The molecule has 0 saturated carbocycles. The zero-order valence-electron chi connectivity index (χ0n) is 11.9. The molecule has 1 amide bonds. The number of carbonyl (C=O) groups is 1. The van der Waals surface area contributed by atoms with E-state index in [9.17, 15) is 13.6 Å². The molecule has 21 heavy (non-hydrogen) atoms. The second kappa shape index (κ2) is 6.43. The van der Waals surface area contributed by atoms with Crippen molar-refractivity contribution in [2.24, 2.45) is 5.92 Å². The van der Waals surface area contributed by atoms with Gasteiger partial charge < -0.3 is 5.32 Å². The normalized spacial score (nSPS) is 10.7. The molecule has 0 bridgehead atoms. The number of rotatable bonds is 4. The van der Waals surface area contributed by atoms with E-state index in [-0.39, 0.29) is 18.2 Å². The van der Waals surface area contributed by atoms with E-state index in [0.717, 1.165) is 0 Å². The van der Waals surface area contributed by atoms with Crippen LogP contribution in [0.15, 0.2) is 36.4 Å². The molecule has 0 unspecified atom stereocenters. The maximum atomic E-state index is 13.4. The Bertz CT molecular complexity index is 656. The number of anilines is 1. The Morgan fingerprint density at radius 3 is 2.67 bits per heavy atom. The van der Waals surface area contributed by atoms with Crippen molar-refractivity contribution >= 4 is 11.6 Å². The Kier molecular flexibility index (Phi) is 4.62. The molecule has 0 atom stereocenters. The van der Waals surface area contributed by atoms with Gasteiger partial charge in [-0.3, -0.25) is 4.79 Å². The van der Waals surface area contributed by atoms with E-state index < -0.39 is 11.8 Å². The summed E-state index contributed by atoms with van der Waals surface area (Å²) >= 11 is 0. The molecular weight excluding hydrogens is 274 g/mol. The molecule has 110 valence electrons. The molecule has 3 nitrogen and oxygen atoms in total. The molecule has 1 N–H and O–H groups in total. The van der Waals surface area contributed by atoms with Crippen LogP contribution < -0.4 is 5.32 Å². The number of amides is 1. The lowest BCUT2D eigenvalue weighted by molar-refractivity contribution is -0.118. The standard InChI is InChI=1S/C16H16F2N2O/c1-10(2)16(21)20-14-7-6-12(17)8-11(14)9-13-4-3-5-15(18)19-13/h3-8,10H,9H2,1-2H3,(H,20,21). The number of benzene rings is 1. The summed E-state index contributed by atoms with van der Waals surface area (Å²) in [4.78, 5) is 15.5. The zero-order chi connectivity index (χ0) is 15.4. The van der Waals surface area contributed by atoms with Gasteiger partial charge in [-0.2, -0.15) is 4.39 Å². The van der Waals surface area contributed by atoms with Gasteiger partial charge in [0.05, 0.1) is 0 Å². The predicted octanol–water partition coefficient (Wildman–Crippen LogP) is 3.55. The Labute approximate surface area is 122 Å². The van der Waals surface area contributed by atoms with E-state index in [1.165, 1.54) is 24.3 Å². The minimum Gasteiger partial charge on any atom is -0.326 e. The zero-order valence-corrected chi connectivity index (χ0v) is 11.9. The summed E-state index contributed by atoms with van der Waals surface area (Å²) in [5.74, 6) is -1.34. The first-order valence-corrected chi connectivity index (χ1v) is 6.66. The highest BCUT2D eigenvalue weighted by atomic mass is 19.1. The number of aromatic nitrogens is 1. The smallest absolute Gasteiger partial charge is 0.226 e. The molecule has 5 heteroatoms. The van der Waals surface area contributed by atoms with Crippen LogP contribution in [0.3, 0.4) is 0 Å². The van der Waals surface area contributed by atoms with Crippen molar-refractivity contribution in [3.05, 3.63) is 59.4 Å². The molecule has 0 spiro atoms. The van der Waals surface area contributed by atoms with Crippen molar-refractivity contribution in [1.82, 2.24) is 4.98 Å². The van der Waals surface area contributed by atoms with Crippen molar-refractivity contribution < 1.29 is 13.6 Å². The van der Waals surface area contributed by atoms with Crippen molar-refractivity contribution in [3.8, 4) is 0 Å². The van der Waals surface area contributed by atoms with Gasteiger partial charge in [0.1, 0.15) is 5.82 Å².